The Morgan fingerprint density at radius 2 is 1.73 bits per heavy atom. The van der Waals surface area contributed by atoms with Crippen molar-refractivity contribution in [1.29, 1.82) is 0 Å². The number of rotatable bonds is 8. The molecule has 3 rings (SSSR count). The Labute approximate surface area is 179 Å². The molecule has 1 heterocycles. The van der Waals surface area contributed by atoms with Gasteiger partial charge in [-0.25, -0.2) is 0 Å². The Kier molecular flexibility index (Phi) is 6.74. The highest BCUT2D eigenvalue weighted by atomic mass is 32.2. The molecule has 0 aromatic heterocycles. The van der Waals surface area contributed by atoms with E-state index in [0.29, 0.717) is 19.4 Å². The second kappa shape index (κ2) is 9.11. The molecule has 30 heavy (non-hydrogen) atoms. The van der Waals surface area contributed by atoms with Crippen LogP contribution in [0.2, 0.25) is 0 Å². The van der Waals surface area contributed by atoms with Gasteiger partial charge in [-0.1, -0.05) is 54.6 Å². The maximum atomic E-state index is 11.1. The Morgan fingerprint density at radius 3 is 2.47 bits per heavy atom. The fraction of sp³-hybridized carbons (Fsp3) is 0.320. The second-order valence-corrected chi connectivity index (χ2v) is 9.68. The van der Waals surface area contributed by atoms with E-state index in [1.54, 1.807) is 0 Å². The van der Waals surface area contributed by atoms with Crippen LogP contribution in [-0.2, 0) is 15.5 Å². The minimum absolute atomic E-state index is 0.190. The summed E-state index contributed by atoms with van der Waals surface area (Å²) in [6.07, 6.45) is 13.3. The molecule has 1 N–H and O–H groups in total. The summed E-state index contributed by atoms with van der Waals surface area (Å²) in [6, 6.07) is 12.7. The van der Waals surface area contributed by atoms with Crippen molar-refractivity contribution in [1.82, 2.24) is 0 Å². The molecule has 0 amide bonds. The monoisotopic (exact) mass is 424 g/mol. The third-order valence-electron chi connectivity index (χ3n) is 5.57. The lowest BCUT2D eigenvalue weighted by Gasteiger charge is -2.17. The maximum Gasteiger partial charge on any atom is 0.264 e. The SMILES string of the molecule is CC=CC=CC=CC1=[N+](CCCCS(=O)(=O)O)c2ccc3ccccc3c2C1(C)C. The van der Waals surface area contributed by atoms with E-state index in [2.05, 4.69) is 67.0 Å². The number of hydrogen-bond acceptors (Lipinski definition) is 2. The Morgan fingerprint density at radius 1 is 1.00 bits per heavy atom. The van der Waals surface area contributed by atoms with Crippen molar-refractivity contribution >= 4 is 32.3 Å². The molecule has 0 spiro atoms. The smallest absolute Gasteiger partial charge is 0.264 e. The summed E-state index contributed by atoms with van der Waals surface area (Å²) in [6.45, 7) is 7.17. The van der Waals surface area contributed by atoms with E-state index < -0.39 is 10.1 Å². The summed E-state index contributed by atoms with van der Waals surface area (Å²) < 4.78 is 33.5. The van der Waals surface area contributed by atoms with Crippen LogP contribution in [0.3, 0.4) is 0 Å². The summed E-state index contributed by atoms with van der Waals surface area (Å²) in [7, 11) is -3.92. The molecule has 0 saturated carbocycles. The fourth-order valence-corrected chi connectivity index (χ4v) is 4.79. The molecule has 2 aromatic carbocycles. The summed E-state index contributed by atoms with van der Waals surface area (Å²) in [4.78, 5) is 0. The molecule has 2 aromatic rings. The molecule has 0 aliphatic carbocycles. The van der Waals surface area contributed by atoms with Crippen molar-refractivity contribution in [3.05, 3.63) is 78.4 Å². The molecule has 0 atom stereocenters. The van der Waals surface area contributed by atoms with Gasteiger partial charge in [-0.15, -0.1) is 0 Å². The molecule has 1 aliphatic heterocycles. The average Bonchev–Trinajstić information content (AvgIpc) is 2.91. The van der Waals surface area contributed by atoms with Gasteiger partial charge in [-0.05, 0) is 44.0 Å². The molecule has 0 radical (unpaired) electrons. The minimum atomic E-state index is -3.92. The molecule has 4 nitrogen and oxygen atoms in total. The van der Waals surface area contributed by atoms with E-state index in [-0.39, 0.29) is 11.2 Å². The van der Waals surface area contributed by atoms with Crippen LogP contribution in [-0.4, -0.2) is 35.6 Å². The van der Waals surface area contributed by atoms with Gasteiger partial charge < -0.3 is 0 Å². The van der Waals surface area contributed by atoms with Crippen molar-refractivity contribution < 1.29 is 17.5 Å². The lowest BCUT2D eigenvalue weighted by atomic mass is 9.79. The summed E-state index contributed by atoms with van der Waals surface area (Å²) in [5.41, 5.74) is 3.46. The summed E-state index contributed by atoms with van der Waals surface area (Å²) in [5, 5.41) is 2.46. The zero-order valence-electron chi connectivity index (χ0n) is 17.9. The average molecular weight is 425 g/mol. The van der Waals surface area contributed by atoms with Crippen LogP contribution >= 0.6 is 0 Å². The third-order valence-corrected chi connectivity index (χ3v) is 6.37. The van der Waals surface area contributed by atoms with Crippen LogP contribution in [0.5, 0.6) is 0 Å². The van der Waals surface area contributed by atoms with Crippen LogP contribution in [0.25, 0.3) is 10.8 Å². The number of allylic oxidation sites excluding steroid dienone is 6. The van der Waals surface area contributed by atoms with Crippen molar-refractivity contribution in [3.63, 3.8) is 0 Å². The number of unbranched alkanes of at least 4 members (excludes halogenated alkanes) is 1. The normalized spacial score (nSPS) is 16.5. The number of hydrogen-bond donors (Lipinski definition) is 1. The van der Waals surface area contributed by atoms with Crippen LogP contribution in [0.15, 0.2) is 72.9 Å². The number of fused-ring (bicyclic) bond motifs is 3. The lowest BCUT2D eigenvalue weighted by Crippen LogP contribution is -2.28. The zero-order valence-corrected chi connectivity index (χ0v) is 18.7. The Balaban J connectivity index is 2.02. The van der Waals surface area contributed by atoms with Gasteiger partial charge in [0, 0.05) is 24.1 Å². The highest BCUT2D eigenvalue weighted by molar-refractivity contribution is 7.85. The van der Waals surface area contributed by atoms with E-state index >= 15 is 0 Å². The van der Waals surface area contributed by atoms with E-state index in [1.165, 1.54) is 27.7 Å². The molecule has 0 bridgehead atoms. The molecule has 0 unspecified atom stereocenters. The predicted octanol–water partition coefficient (Wildman–Crippen LogP) is 5.57. The Bertz CT molecular complexity index is 1150. The van der Waals surface area contributed by atoms with Crippen molar-refractivity contribution in [2.24, 2.45) is 0 Å². The van der Waals surface area contributed by atoms with Gasteiger partial charge in [-0.2, -0.15) is 13.0 Å². The highest BCUT2D eigenvalue weighted by Crippen LogP contribution is 2.44. The number of benzene rings is 2. The molecule has 0 fully saturated rings. The minimum Gasteiger partial charge on any atom is -0.286 e. The first-order valence-corrected chi connectivity index (χ1v) is 11.9. The summed E-state index contributed by atoms with van der Waals surface area (Å²) >= 11 is 0. The maximum absolute atomic E-state index is 11.1. The molecule has 158 valence electrons. The first-order chi connectivity index (χ1) is 14.3. The van der Waals surface area contributed by atoms with E-state index in [4.69, 9.17) is 4.55 Å². The van der Waals surface area contributed by atoms with Gasteiger partial charge >= 0.3 is 0 Å². The van der Waals surface area contributed by atoms with Gasteiger partial charge in [0.1, 0.15) is 6.54 Å². The van der Waals surface area contributed by atoms with Crippen LogP contribution < -0.4 is 0 Å². The van der Waals surface area contributed by atoms with Crippen molar-refractivity contribution in [2.75, 3.05) is 12.3 Å². The molecular weight excluding hydrogens is 394 g/mol. The predicted molar refractivity (Wildman–Crippen MR) is 126 cm³/mol. The van der Waals surface area contributed by atoms with Gasteiger partial charge in [0.2, 0.25) is 5.69 Å². The van der Waals surface area contributed by atoms with E-state index in [0.717, 1.165) is 0 Å². The van der Waals surface area contributed by atoms with Gasteiger partial charge in [-0.3, -0.25) is 4.55 Å². The molecule has 5 heteroatoms. The van der Waals surface area contributed by atoms with Crippen LogP contribution in [0, 0.1) is 0 Å². The van der Waals surface area contributed by atoms with Crippen molar-refractivity contribution in [3.8, 4) is 0 Å². The second-order valence-electron chi connectivity index (χ2n) is 8.11. The van der Waals surface area contributed by atoms with E-state index in [1.807, 2.05) is 31.2 Å². The van der Waals surface area contributed by atoms with Gasteiger partial charge in [0.05, 0.1) is 11.2 Å². The Hall–Kier alpha value is -2.50. The molecule has 1 aliphatic rings. The number of nitrogens with zero attached hydrogens (tertiary/aromatic N) is 1. The zero-order chi connectivity index (χ0) is 21.8. The van der Waals surface area contributed by atoms with Gasteiger partial charge in [0.15, 0.2) is 5.71 Å². The largest absolute Gasteiger partial charge is 0.286 e. The van der Waals surface area contributed by atoms with Gasteiger partial charge in [0.25, 0.3) is 10.1 Å². The van der Waals surface area contributed by atoms with Crippen molar-refractivity contribution in [2.45, 2.75) is 39.0 Å². The molecular formula is C25H30NO3S+. The summed E-state index contributed by atoms with van der Waals surface area (Å²) in [5.74, 6) is -0.202. The van der Waals surface area contributed by atoms with E-state index in [9.17, 15) is 8.42 Å². The highest BCUT2D eigenvalue weighted by Gasteiger charge is 2.45. The third kappa shape index (κ3) is 4.79. The van der Waals surface area contributed by atoms with Crippen LogP contribution in [0.4, 0.5) is 5.69 Å². The fourth-order valence-electron chi connectivity index (χ4n) is 4.22. The first kappa shape index (κ1) is 22.2. The van der Waals surface area contributed by atoms with Crippen LogP contribution in [0.1, 0.15) is 39.2 Å². The molecule has 0 saturated heterocycles. The lowest BCUT2D eigenvalue weighted by molar-refractivity contribution is -0.438. The first-order valence-electron chi connectivity index (χ1n) is 10.3. The standard InChI is InChI=1S/C25H29NO3S/c1-4-5-6-7-8-15-23-25(2,3)24-21-14-10-9-13-20(21)16-17-22(24)26(23)18-11-12-19-30(27,28)29/h4-10,13-17H,11-12,18-19H2,1-3H3/p+1. The quantitative estimate of drug-likeness (QED) is 0.261. The topological polar surface area (TPSA) is 57.4 Å².